The predicted octanol–water partition coefficient (Wildman–Crippen LogP) is 3.42. The van der Waals surface area contributed by atoms with E-state index in [9.17, 15) is 4.79 Å². The molecule has 1 rings (SSSR count). The smallest absolute Gasteiger partial charge is 0.120 e. The van der Waals surface area contributed by atoms with Gasteiger partial charge in [-0.3, -0.25) is 0 Å². The van der Waals surface area contributed by atoms with Gasteiger partial charge in [0.2, 0.25) is 0 Å². The Kier molecular flexibility index (Phi) is 3.84. The Morgan fingerprint density at radius 2 is 1.93 bits per heavy atom. The third kappa shape index (κ3) is 2.79. The highest BCUT2D eigenvalue weighted by molar-refractivity contribution is 5.50. The van der Waals surface area contributed by atoms with E-state index in [0.29, 0.717) is 6.42 Å². The summed E-state index contributed by atoms with van der Waals surface area (Å²) < 4.78 is 0. The average Bonchev–Trinajstić information content (AvgIpc) is 2.27. The minimum Gasteiger partial charge on any atom is -0.303 e. The minimum atomic E-state index is -0.0887. The van der Waals surface area contributed by atoms with Crippen LogP contribution in [-0.4, -0.2) is 6.29 Å². The molecule has 0 aromatic heterocycles. The Hall–Kier alpha value is -1.37. The number of allylic oxidation sites excluding steroid dienone is 1. The van der Waals surface area contributed by atoms with Crippen LogP contribution in [0.25, 0.3) is 0 Å². The van der Waals surface area contributed by atoms with Crippen LogP contribution in [0.2, 0.25) is 0 Å². The zero-order valence-electron chi connectivity index (χ0n) is 9.49. The van der Waals surface area contributed by atoms with Gasteiger partial charge in [-0.1, -0.05) is 42.8 Å². The lowest BCUT2D eigenvalue weighted by molar-refractivity contribution is -0.108. The first kappa shape index (κ1) is 11.7. The van der Waals surface area contributed by atoms with Crippen molar-refractivity contribution in [3.63, 3.8) is 0 Å². The van der Waals surface area contributed by atoms with E-state index >= 15 is 0 Å². The lowest BCUT2D eigenvalue weighted by Crippen LogP contribution is -2.18. The number of aryl methyl sites for hydroxylation is 1. The van der Waals surface area contributed by atoms with E-state index in [0.717, 1.165) is 12.7 Å². The number of aldehydes is 1. The van der Waals surface area contributed by atoms with Gasteiger partial charge in [-0.25, -0.2) is 0 Å². The van der Waals surface area contributed by atoms with Gasteiger partial charge in [0, 0.05) is 11.8 Å². The maximum absolute atomic E-state index is 10.4. The summed E-state index contributed by atoms with van der Waals surface area (Å²) >= 11 is 0. The van der Waals surface area contributed by atoms with Gasteiger partial charge in [-0.05, 0) is 18.9 Å². The van der Waals surface area contributed by atoms with E-state index in [4.69, 9.17) is 0 Å². The van der Waals surface area contributed by atoms with Gasteiger partial charge in [-0.15, -0.1) is 6.58 Å². The van der Waals surface area contributed by atoms with E-state index in [2.05, 4.69) is 44.7 Å². The molecule has 0 amide bonds. The maximum atomic E-state index is 10.4. The summed E-state index contributed by atoms with van der Waals surface area (Å²) in [7, 11) is 0. The van der Waals surface area contributed by atoms with Crippen LogP contribution in [0.3, 0.4) is 0 Å². The number of hydrogen-bond donors (Lipinski definition) is 0. The van der Waals surface area contributed by atoms with Crippen molar-refractivity contribution in [1.82, 2.24) is 0 Å². The van der Waals surface area contributed by atoms with E-state index < -0.39 is 0 Å². The van der Waals surface area contributed by atoms with Gasteiger partial charge >= 0.3 is 0 Å². The maximum Gasteiger partial charge on any atom is 0.120 e. The molecule has 0 N–H and O–H groups in total. The van der Waals surface area contributed by atoms with Crippen molar-refractivity contribution in [2.24, 2.45) is 0 Å². The first-order valence-corrected chi connectivity index (χ1v) is 5.27. The Morgan fingerprint density at radius 1 is 1.33 bits per heavy atom. The summed E-state index contributed by atoms with van der Waals surface area (Å²) in [6, 6.07) is 8.42. The lowest BCUT2D eigenvalue weighted by Gasteiger charge is -2.25. The van der Waals surface area contributed by atoms with E-state index in [1.165, 1.54) is 11.1 Å². The fourth-order valence-electron chi connectivity index (χ4n) is 1.66. The second-order valence-electron chi connectivity index (χ2n) is 4.19. The molecule has 15 heavy (non-hydrogen) atoms. The lowest BCUT2D eigenvalue weighted by atomic mass is 9.78. The average molecular weight is 202 g/mol. The highest BCUT2D eigenvalue weighted by Crippen LogP contribution is 2.29. The van der Waals surface area contributed by atoms with Crippen molar-refractivity contribution >= 4 is 6.29 Å². The minimum absolute atomic E-state index is 0.0887. The number of carbonyl (C=O) groups is 1. The van der Waals surface area contributed by atoms with Crippen LogP contribution in [0.1, 0.15) is 30.9 Å². The standard InChI is InChI=1S/C14H18O/c1-4-14(3,10-5-11-15)13-8-6-12(2)7-9-13/h4,6-9,11H,1,5,10H2,2-3H3. The summed E-state index contributed by atoms with van der Waals surface area (Å²) in [4.78, 5) is 10.4. The number of hydrogen-bond acceptors (Lipinski definition) is 1. The molecule has 1 atom stereocenters. The zero-order valence-corrected chi connectivity index (χ0v) is 9.49. The quantitative estimate of drug-likeness (QED) is 0.528. The van der Waals surface area contributed by atoms with E-state index in [1.807, 2.05) is 6.08 Å². The molecule has 0 bridgehead atoms. The van der Waals surface area contributed by atoms with Crippen LogP contribution in [0.4, 0.5) is 0 Å². The number of benzene rings is 1. The topological polar surface area (TPSA) is 17.1 Å². The summed E-state index contributed by atoms with van der Waals surface area (Å²) in [5, 5.41) is 0. The van der Waals surface area contributed by atoms with Crippen molar-refractivity contribution < 1.29 is 4.79 Å². The summed E-state index contributed by atoms with van der Waals surface area (Å²) in [6.07, 6.45) is 4.30. The molecule has 80 valence electrons. The fraction of sp³-hybridized carbons (Fsp3) is 0.357. The highest BCUT2D eigenvalue weighted by atomic mass is 16.1. The molecule has 0 heterocycles. The predicted molar refractivity (Wildman–Crippen MR) is 64.0 cm³/mol. The molecule has 0 aliphatic carbocycles. The molecule has 0 spiro atoms. The molecule has 1 nitrogen and oxygen atoms in total. The third-order valence-corrected chi connectivity index (χ3v) is 2.94. The SMILES string of the molecule is C=CC(C)(CCC=O)c1ccc(C)cc1. The molecule has 0 radical (unpaired) electrons. The van der Waals surface area contributed by atoms with Crippen LogP contribution in [0.15, 0.2) is 36.9 Å². The number of carbonyl (C=O) groups excluding carboxylic acids is 1. The number of rotatable bonds is 5. The summed E-state index contributed by atoms with van der Waals surface area (Å²) in [6.45, 7) is 8.06. The van der Waals surface area contributed by atoms with Crippen molar-refractivity contribution in [1.29, 1.82) is 0 Å². The molecular formula is C14H18O. The van der Waals surface area contributed by atoms with E-state index in [-0.39, 0.29) is 5.41 Å². The Bertz CT molecular complexity index is 337. The second kappa shape index (κ2) is 4.92. The summed E-state index contributed by atoms with van der Waals surface area (Å²) in [5.74, 6) is 0. The van der Waals surface area contributed by atoms with Gasteiger partial charge in [0.05, 0.1) is 0 Å². The Balaban J connectivity index is 2.94. The zero-order chi connectivity index (χ0) is 11.3. The van der Waals surface area contributed by atoms with Crippen LogP contribution in [0.5, 0.6) is 0 Å². The molecule has 1 aromatic carbocycles. The van der Waals surface area contributed by atoms with Crippen LogP contribution >= 0.6 is 0 Å². The van der Waals surface area contributed by atoms with Gasteiger partial charge in [0.1, 0.15) is 6.29 Å². The second-order valence-corrected chi connectivity index (χ2v) is 4.19. The molecule has 0 saturated heterocycles. The molecule has 1 heteroatoms. The molecule has 0 aliphatic heterocycles. The largest absolute Gasteiger partial charge is 0.303 e. The first-order valence-electron chi connectivity index (χ1n) is 5.27. The van der Waals surface area contributed by atoms with Gasteiger partial charge in [0.15, 0.2) is 0 Å². The van der Waals surface area contributed by atoms with Crippen LogP contribution in [-0.2, 0) is 10.2 Å². The third-order valence-electron chi connectivity index (χ3n) is 2.94. The molecule has 0 aliphatic rings. The van der Waals surface area contributed by atoms with Crippen molar-refractivity contribution in [2.75, 3.05) is 0 Å². The van der Waals surface area contributed by atoms with Crippen LogP contribution < -0.4 is 0 Å². The fourth-order valence-corrected chi connectivity index (χ4v) is 1.66. The molecule has 0 fully saturated rings. The molecule has 1 unspecified atom stereocenters. The Labute approximate surface area is 91.8 Å². The normalized spacial score (nSPS) is 14.3. The van der Waals surface area contributed by atoms with E-state index in [1.54, 1.807) is 0 Å². The molecule has 0 saturated carbocycles. The molecule has 1 aromatic rings. The van der Waals surface area contributed by atoms with Crippen molar-refractivity contribution in [3.8, 4) is 0 Å². The monoisotopic (exact) mass is 202 g/mol. The van der Waals surface area contributed by atoms with Crippen LogP contribution in [0, 0.1) is 6.92 Å². The Morgan fingerprint density at radius 3 is 2.40 bits per heavy atom. The first-order chi connectivity index (χ1) is 7.12. The highest BCUT2D eigenvalue weighted by Gasteiger charge is 2.21. The van der Waals surface area contributed by atoms with Gasteiger partial charge in [0.25, 0.3) is 0 Å². The van der Waals surface area contributed by atoms with Gasteiger partial charge in [-0.2, -0.15) is 0 Å². The van der Waals surface area contributed by atoms with Gasteiger partial charge < -0.3 is 4.79 Å². The van der Waals surface area contributed by atoms with Crippen molar-refractivity contribution in [3.05, 3.63) is 48.0 Å². The molecular weight excluding hydrogens is 184 g/mol. The van der Waals surface area contributed by atoms with Crippen molar-refractivity contribution in [2.45, 2.75) is 32.1 Å². The summed E-state index contributed by atoms with van der Waals surface area (Å²) in [5.41, 5.74) is 2.39.